The van der Waals surface area contributed by atoms with Gasteiger partial charge in [-0.1, -0.05) is 0 Å². The molecule has 2 aliphatic carbocycles. The molecule has 0 bridgehead atoms. The van der Waals surface area contributed by atoms with Gasteiger partial charge in [0.05, 0.1) is 6.10 Å². The molecule has 5 atom stereocenters. The van der Waals surface area contributed by atoms with Crippen LogP contribution in [0.3, 0.4) is 0 Å². The monoisotopic (exact) mass is 173 g/mol. The Morgan fingerprint density at radius 1 is 1.36 bits per heavy atom. The molecule has 2 nitrogen and oxygen atoms in total. The molecule has 2 fully saturated rings. The van der Waals surface area contributed by atoms with E-state index in [2.05, 4.69) is 6.26 Å². The van der Waals surface area contributed by atoms with Gasteiger partial charge in [0.25, 0.3) is 0 Å². The predicted octanol–water partition coefficient (Wildman–Crippen LogP) is 0.446. The highest BCUT2D eigenvalue weighted by atomic mass is 32.2. The van der Waals surface area contributed by atoms with E-state index in [1.807, 2.05) is 0 Å². The zero-order chi connectivity index (χ0) is 8.01. The fourth-order valence-electron chi connectivity index (χ4n) is 2.45. The van der Waals surface area contributed by atoms with Gasteiger partial charge in [0.2, 0.25) is 0 Å². The van der Waals surface area contributed by atoms with Crippen LogP contribution in [0, 0.1) is 11.8 Å². The molecule has 0 aliphatic heterocycles. The molecule has 0 radical (unpaired) electrons. The molecule has 64 valence electrons. The molecule has 2 rings (SSSR count). The Bertz CT molecular complexity index is 156. The van der Waals surface area contributed by atoms with Crippen molar-refractivity contribution in [1.82, 2.24) is 0 Å². The summed E-state index contributed by atoms with van der Waals surface area (Å²) < 4.78 is 0. The van der Waals surface area contributed by atoms with Crippen LogP contribution in [0.25, 0.3) is 0 Å². The molecule has 11 heavy (non-hydrogen) atoms. The van der Waals surface area contributed by atoms with Gasteiger partial charge in [0.15, 0.2) is 0 Å². The molecule has 3 N–H and O–H groups in total. The number of hydrogen-bond acceptors (Lipinski definition) is 3. The summed E-state index contributed by atoms with van der Waals surface area (Å²) in [6, 6.07) is 0.381. The molecule has 3 heteroatoms. The van der Waals surface area contributed by atoms with E-state index in [9.17, 15) is 5.11 Å². The lowest BCUT2D eigenvalue weighted by atomic mass is 9.71. The van der Waals surface area contributed by atoms with E-state index in [0.717, 1.165) is 12.8 Å². The minimum atomic E-state index is -0.0743. The summed E-state index contributed by atoms with van der Waals surface area (Å²) in [6.07, 6.45) is 4.18. The summed E-state index contributed by atoms with van der Waals surface area (Å²) in [4.78, 5) is 0. The number of fused-ring (bicyclic) bond motifs is 1. The second kappa shape index (κ2) is 2.64. The maximum Gasteiger partial charge on any atom is 0.0690 e. The molecule has 0 unspecified atom stereocenters. The topological polar surface area (TPSA) is 46.2 Å². The van der Waals surface area contributed by atoms with Gasteiger partial charge in [-0.25, -0.2) is 0 Å². The summed E-state index contributed by atoms with van der Waals surface area (Å²) in [5.41, 5.74) is 5.82. The Morgan fingerprint density at radius 2 is 2.09 bits per heavy atom. The van der Waals surface area contributed by atoms with Gasteiger partial charge in [0.1, 0.15) is 0 Å². The Hall–Kier alpha value is 0.270. The Labute approximate surface area is 71.5 Å². The van der Waals surface area contributed by atoms with Crippen LogP contribution in [0.4, 0.5) is 0 Å². The van der Waals surface area contributed by atoms with Gasteiger partial charge in [0, 0.05) is 11.3 Å². The van der Waals surface area contributed by atoms with Crippen molar-refractivity contribution in [3.05, 3.63) is 0 Å². The van der Waals surface area contributed by atoms with Crippen LogP contribution >= 0.6 is 11.8 Å². The van der Waals surface area contributed by atoms with Crippen LogP contribution in [0.2, 0.25) is 0 Å². The normalized spacial score (nSPS) is 55.4. The number of thioether (sulfide) groups is 1. The molecule has 0 aromatic heterocycles. The summed E-state index contributed by atoms with van der Waals surface area (Å²) in [5.74, 6) is 1.16. The van der Waals surface area contributed by atoms with Crippen molar-refractivity contribution in [2.45, 2.75) is 30.2 Å². The number of rotatable bonds is 1. The summed E-state index contributed by atoms with van der Waals surface area (Å²) in [5, 5.41) is 10.2. The second-order valence-electron chi connectivity index (χ2n) is 3.73. The van der Waals surface area contributed by atoms with Crippen LogP contribution in [0.5, 0.6) is 0 Å². The average Bonchev–Trinajstić information content (AvgIpc) is 2.24. The van der Waals surface area contributed by atoms with E-state index in [1.54, 1.807) is 11.8 Å². The van der Waals surface area contributed by atoms with Crippen molar-refractivity contribution in [2.24, 2.45) is 17.6 Å². The lowest BCUT2D eigenvalue weighted by Gasteiger charge is -2.38. The Morgan fingerprint density at radius 3 is 2.55 bits per heavy atom. The molecular formula is C8H15NOS. The first-order valence-corrected chi connectivity index (χ1v) is 5.49. The van der Waals surface area contributed by atoms with Crippen LogP contribution in [-0.4, -0.2) is 28.8 Å². The van der Waals surface area contributed by atoms with Gasteiger partial charge < -0.3 is 10.8 Å². The van der Waals surface area contributed by atoms with Crippen LogP contribution < -0.4 is 5.73 Å². The number of aliphatic hydroxyl groups is 1. The predicted molar refractivity (Wildman–Crippen MR) is 47.5 cm³/mol. The Kier molecular flexibility index (Phi) is 1.90. The maximum atomic E-state index is 9.72. The molecule has 2 aliphatic rings. The van der Waals surface area contributed by atoms with Crippen LogP contribution in [0.1, 0.15) is 12.8 Å². The van der Waals surface area contributed by atoms with Crippen molar-refractivity contribution < 1.29 is 5.11 Å². The van der Waals surface area contributed by atoms with E-state index in [0.29, 0.717) is 23.1 Å². The summed E-state index contributed by atoms with van der Waals surface area (Å²) in [7, 11) is 0. The van der Waals surface area contributed by atoms with E-state index < -0.39 is 0 Å². The first kappa shape index (κ1) is 7.90. The number of hydrogen-bond donors (Lipinski definition) is 2. The minimum Gasteiger partial charge on any atom is -0.392 e. The van der Waals surface area contributed by atoms with E-state index in [4.69, 9.17) is 5.73 Å². The summed E-state index contributed by atoms with van der Waals surface area (Å²) >= 11 is 1.78. The van der Waals surface area contributed by atoms with Gasteiger partial charge in [-0.3, -0.25) is 0 Å². The molecule has 0 spiro atoms. The molecule has 0 heterocycles. The quantitative estimate of drug-likeness (QED) is 0.605. The Balaban J connectivity index is 2.02. The average molecular weight is 173 g/mol. The molecule has 0 aromatic rings. The van der Waals surface area contributed by atoms with E-state index in [1.165, 1.54) is 0 Å². The molecule has 0 saturated heterocycles. The SMILES string of the molecule is CS[C@H]1C[C@@H]2[C@@H](C[C@@H]2N)[C@@H]1O. The molecule has 0 amide bonds. The van der Waals surface area contributed by atoms with Gasteiger partial charge in [-0.15, -0.1) is 0 Å². The summed E-state index contributed by atoms with van der Waals surface area (Å²) in [6.45, 7) is 0. The fraction of sp³-hybridized carbons (Fsp3) is 1.00. The lowest BCUT2D eigenvalue weighted by molar-refractivity contribution is 0.0527. The fourth-order valence-corrected chi connectivity index (χ4v) is 3.34. The molecular weight excluding hydrogens is 158 g/mol. The van der Waals surface area contributed by atoms with Crippen LogP contribution in [-0.2, 0) is 0 Å². The van der Waals surface area contributed by atoms with Crippen molar-refractivity contribution in [3.8, 4) is 0 Å². The minimum absolute atomic E-state index is 0.0743. The third-order valence-corrected chi connectivity index (χ3v) is 4.35. The van der Waals surface area contributed by atoms with Crippen molar-refractivity contribution in [3.63, 3.8) is 0 Å². The van der Waals surface area contributed by atoms with Crippen molar-refractivity contribution in [2.75, 3.05) is 6.26 Å². The maximum absolute atomic E-state index is 9.72. The molecule has 2 saturated carbocycles. The van der Waals surface area contributed by atoms with E-state index >= 15 is 0 Å². The lowest BCUT2D eigenvalue weighted by Crippen LogP contribution is -2.47. The highest BCUT2D eigenvalue weighted by Gasteiger charge is 2.51. The van der Waals surface area contributed by atoms with Crippen molar-refractivity contribution in [1.29, 1.82) is 0 Å². The van der Waals surface area contributed by atoms with Gasteiger partial charge >= 0.3 is 0 Å². The zero-order valence-corrected chi connectivity index (χ0v) is 7.55. The zero-order valence-electron chi connectivity index (χ0n) is 6.73. The largest absolute Gasteiger partial charge is 0.392 e. The van der Waals surface area contributed by atoms with Gasteiger partial charge in [-0.05, 0) is 30.9 Å². The van der Waals surface area contributed by atoms with Gasteiger partial charge in [-0.2, -0.15) is 11.8 Å². The second-order valence-corrected chi connectivity index (χ2v) is 4.80. The van der Waals surface area contributed by atoms with Crippen molar-refractivity contribution >= 4 is 11.8 Å². The van der Waals surface area contributed by atoms with E-state index in [-0.39, 0.29) is 6.10 Å². The first-order valence-electron chi connectivity index (χ1n) is 4.20. The highest BCUT2D eigenvalue weighted by Crippen LogP contribution is 2.49. The highest BCUT2D eigenvalue weighted by molar-refractivity contribution is 7.99. The third-order valence-electron chi connectivity index (χ3n) is 3.27. The smallest absolute Gasteiger partial charge is 0.0690 e. The number of nitrogens with two attached hydrogens (primary N) is 1. The third kappa shape index (κ3) is 1.02. The standard InChI is InChI=1S/C8H15NOS/c1-11-7-3-4-5(8(7)10)2-6(4)9/h4-8,10H,2-3,9H2,1H3/t4-,5-,6+,7+,8+/m1/s1. The number of aliphatic hydroxyl groups excluding tert-OH is 1. The van der Waals surface area contributed by atoms with Crippen LogP contribution in [0.15, 0.2) is 0 Å². The molecule has 0 aromatic carbocycles. The first-order chi connectivity index (χ1) is 5.24.